The van der Waals surface area contributed by atoms with Gasteiger partial charge in [0.05, 0.1) is 11.9 Å². The van der Waals surface area contributed by atoms with Crippen LogP contribution in [0.5, 0.6) is 0 Å². The normalized spacial score (nSPS) is 15.6. The molecule has 6 heteroatoms. The Kier molecular flexibility index (Phi) is 4.19. The Balaban J connectivity index is 1.38. The van der Waals surface area contributed by atoms with Crippen LogP contribution in [0.15, 0.2) is 54.9 Å². The standard InChI is InChI=1S/C19H19FN4O/c20-16-6-4-15(5-7-16)19(25)23-11-9-22(10-12-23)14-17-13-21-18-3-1-2-8-24(17)18/h1-8,13H,9-12,14H2. The summed E-state index contributed by atoms with van der Waals surface area (Å²) in [5, 5.41) is 0. The molecule has 0 saturated carbocycles. The minimum Gasteiger partial charge on any atom is -0.336 e. The Morgan fingerprint density at radius 3 is 2.56 bits per heavy atom. The molecule has 0 aliphatic carbocycles. The highest BCUT2D eigenvalue weighted by Crippen LogP contribution is 2.13. The van der Waals surface area contributed by atoms with Crippen molar-refractivity contribution in [2.24, 2.45) is 0 Å². The number of imidazole rings is 1. The molecule has 0 atom stereocenters. The fraction of sp³-hybridized carbons (Fsp3) is 0.263. The SMILES string of the molecule is O=C(c1ccc(F)cc1)N1CCN(Cc2cnc3ccccn23)CC1. The van der Waals surface area contributed by atoms with Gasteiger partial charge in [-0.25, -0.2) is 9.37 Å². The molecule has 1 aliphatic rings. The van der Waals surface area contributed by atoms with Crippen molar-refractivity contribution in [3.8, 4) is 0 Å². The summed E-state index contributed by atoms with van der Waals surface area (Å²) < 4.78 is 15.1. The third-order valence-corrected chi connectivity index (χ3v) is 4.63. The van der Waals surface area contributed by atoms with E-state index in [2.05, 4.69) is 14.3 Å². The van der Waals surface area contributed by atoms with Crippen molar-refractivity contribution in [2.45, 2.75) is 6.54 Å². The van der Waals surface area contributed by atoms with Crippen LogP contribution in [0.3, 0.4) is 0 Å². The second-order valence-corrected chi connectivity index (χ2v) is 6.25. The van der Waals surface area contributed by atoms with E-state index in [4.69, 9.17) is 0 Å². The number of halogens is 1. The molecule has 1 amide bonds. The van der Waals surface area contributed by atoms with Gasteiger partial charge in [-0.05, 0) is 36.4 Å². The van der Waals surface area contributed by atoms with Crippen LogP contribution >= 0.6 is 0 Å². The molecule has 1 aromatic carbocycles. The molecule has 0 N–H and O–H groups in total. The Bertz CT molecular complexity index is 882. The fourth-order valence-corrected chi connectivity index (χ4v) is 3.22. The number of fused-ring (bicyclic) bond motifs is 1. The van der Waals surface area contributed by atoms with Gasteiger partial charge in [0, 0.05) is 44.5 Å². The second-order valence-electron chi connectivity index (χ2n) is 6.25. The number of carbonyl (C=O) groups excluding carboxylic acids is 1. The molecule has 1 saturated heterocycles. The van der Waals surface area contributed by atoms with Gasteiger partial charge in [0.25, 0.3) is 5.91 Å². The zero-order valence-corrected chi connectivity index (χ0v) is 13.8. The molecule has 1 aliphatic heterocycles. The first-order valence-electron chi connectivity index (χ1n) is 8.39. The molecule has 0 bridgehead atoms. The van der Waals surface area contributed by atoms with Crippen LogP contribution in [0.4, 0.5) is 4.39 Å². The largest absolute Gasteiger partial charge is 0.336 e. The Hall–Kier alpha value is -2.73. The maximum absolute atomic E-state index is 13.0. The maximum Gasteiger partial charge on any atom is 0.253 e. The van der Waals surface area contributed by atoms with Crippen LogP contribution in [-0.2, 0) is 6.54 Å². The lowest BCUT2D eigenvalue weighted by Gasteiger charge is -2.34. The van der Waals surface area contributed by atoms with E-state index in [9.17, 15) is 9.18 Å². The maximum atomic E-state index is 13.0. The van der Waals surface area contributed by atoms with Gasteiger partial charge in [0.1, 0.15) is 11.5 Å². The average Bonchev–Trinajstić information content (AvgIpc) is 3.06. The molecule has 0 spiro atoms. The van der Waals surface area contributed by atoms with Crippen molar-refractivity contribution in [1.82, 2.24) is 19.2 Å². The predicted octanol–water partition coefficient (Wildman–Crippen LogP) is 2.43. The fourth-order valence-electron chi connectivity index (χ4n) is 3.22. The highest BCUT2D eigenvalue weighted by atomic mass is 19.1. The zero-order chi connectivity index (χ0) is 17.2. The van der Waals surface area contributed by atoms with E-state index in [-0.39, 0.29) is 11.7 Å². The summed E-state index contributed by atoms with van der Waals surface area (Å²) in [5.74, 6) is -0.358. The number of carbonyl (C=O) groups is 1. The smallest absolute Gasteiger partial charge is 0.253 e. The lowest BCUT2D eigenvalue weighted by Crippen LogP contribution is -2.48. The third-order valence-electron chi connectivity index (χ3n) is 4.63. The number of aromatic nitrogens is 2. The Labute approximate surface area is 145 Å². The van der Waals surface area contributed by atoms with Crippen molar-refractivity contribution in [3.63, 3.8) is 0 Å². The van der Waals surface area contributed by atoms with Gasteiger partial charge in [-0.3, -0.25) is 9.69 Å². The van der Waals surface area contributed by atoms with E-state index in [1.54, 1.807) is 12.1 Å². The first-order chi connectivity index (χ1) is 12.2. The monoisotopic (exact) mass is 338 g/mol. The molecule has 128 valence electrons. The Morgan fingerprint density at radius 2 is 1.80 bits per heavy atom. The van der Waals surface area contributed by atoms with Gasteiger partial charge >= 0.3 is 0 Å². The number of nitrogens with zero attached hydrogens (tertiary/aromatic N) is 4. The topological polar surface area (TPSA) is 40.9 Å². The molecule has 3 heterocycles. The van der Waals surface area contributed by atoms with Crippen molar-refractivity contribution in [2.75, 3.05) is 26.2 Å². The van der Waals surface area contributed by atoms with Gasteiger partial charge in [-0.1, -0.05) is 6.07 Å². The van der Waals surface area contributed by atoms with E-state index in [1.165, 1.54) is 12.1 Å². The lowest BCUT2D eigenvalue weighted by atomic mass is 10.1. The summed E-state index contributed by atoms with van der Waals surface area (Å²) in [6.07, 6.45) is 3.93. The van der Waals surface area contributed by atoms with E-state index in [0.29, 0.717) is 18.7 Å². The van der Waals surface area contributed by atoms with Crippen molar-refractivity contribution >= 4 is 11.6 Å². The summed E-state index contributed by atoms with van der Waals surface area (Å²) in [6.45, 7) is 3.78. The molecule has 2 aromatic heterocycles. The van der Waals surface area contributed by atoms with E-state index in [0.717, 1.165) is 31.0 Å². The van der Waals surface area contributed by atoms with Crippen molar-refractivity contribution in [1.29, 1.82) is 0 Å². The quantitative estimate of drug-likeness (QED) is 0.736. The number of hydrogen-bond acceptors (Lipinski definition) is 3. The number of hydrogen-bond donors (Lipinski definition) is 0. The summed E-state index contributed by atoms with van der Waals surface area (Å²) in [7, 11) is 0. The van der Waals surface area contributed by atoms with Gasteiger partial charge in [-0.15, -0.1) is 0 Å². The van der Waals surface area contributed by atoms with Crippen LogP contribution in [0, 0.1) is 5.82 Å². The molecule has 0 unspecified atom stereocenters. The second kappa shape index (κ2) is 6.64. The zero-order valence-electron chi connectivity index (χ0n) is 13.8. The summed E-state index contributed by atoms with van der Waals surface area (Å²) in [4.78, 5) is 21.1. The lowest BCUT2D eigenvalue weighted by molar-refractivity contribution is 0.0626. The first kappa shape index (κ1) is 15.8. The van der Waals surface area contributed by atoms with Crippen LogP contribution in [0.25, 0.3) is 5.65 Å². The summed E-state index contributed by atoms with van der Waals surface area (Å²) >= 11 is 0. The highest BCUT2D eigenvalue weighted by Gasteiger charge is 2.22. The Morgan fingerprint density at radius 1 is 1.04 bits per heavy atom. The van der Waals surface area contributed by atoms with Gasteiger partial charge in [0.2, 0.25) is 0 Å². The third kappa shape index (κ3) is 3.25. The highest BCUT2D eigenvalue weighted by molar-refractivity contribution is 5.94. The molecule has 3 aromatic rings. The number of pyridine rings is 1. The summed E-state index contributed by atoms with van der Waals surface area (Å²) in [5.41, 5.74) is 2.63. The molecule has 5 nitrogen and oxygen atoms in total. The molecular weight excluding hydrogens is 319 g/mol. The average molecular weight is 338 g/mol. The van der Waals surface area contributed by atoms with Gasteiger partial charge < -0.3 is 9.30 Å². The summed E-state index contributed by atoms with van der Waals surface area (Å²) in [6, 6.07) is 11.7. The minimum atomic E-state index is -0.325. The van der Waals surface area contributed by atoms with Crippen molar-refractivity contribution < 1.29 is 9.18 Å². The number of amides is 1. The first-order valence-corrected chi connectivity index (χ1v) is 8.39. The minimum absolute atomic E-state index is 0.0329. The predicted molar refractivity (Wildman–Crippen MR) is 92.8 cm³/mol. The van der Waals surface area contributed by atoms with Gasteiger partial charge in [-0.2, -0.15) is 0 Å². The van der Waals surface area contributed by atoms with Crippen LogP contribution in [0.2, 0.25) is 0 Å². The molecule has 0 radical (unpaired) electrons. The van der Waals surface area contributed by atoms with Gasteiger partial charge in [0.15, 0.2) is 0 Å². The van der Waals surface area contributed by atoms with Crippen molar-refractivity contribution in [3.05, 3.63) is 71.9 Å². The van der Waals surface area contributed by atoms with E-state index in [1.807, 2.05) is 35.5 Å². The van der Waals surface area contributed by atoms with Crippen LogP contribution in [0.1, 0.15) is 16.1 Å². The molecule has 25 heavy (non-hydrogen) atoms. The number of piperazine rings is 1. The van der Waals surface area contributed by atoms with Crippen LogP contribution in [-0.4, -0.2) is 51.3 Å². The number of rotatable bonds is 3. The van der Waals surface area contributed by atoms with Crippen LogP contribution < -0.4 is 0 Å². The van der Waals surface area contributed by atoms with E-state index >= 15 is 0 Å². The molecular formula is C19H19FN4O. The number of benzene rings is 1. The molecule has 4 rings (SSSR count). The van der Waals surface area contributed by atoms with E-state index < -0.39 is 0 Å². The molecule has 1 fully saturated rings.